The van der Waals surface area contributed by atoms with Crippen LogP contribution in [0.25, 0.3) is 0 Å². The zero-order valence-corrected chi connectivity index (χ0v) is 14.2. The molecule has 0 spiro atoms. The molecule has 21 heavy (non-hydrogen) atoms. The van der Waals surface area contributed by atoms with Gasteiger partial charge < -0.3 is 10.8 Å². The van der Waals surface area contributed by atoms with Crippen LogP contribution in [0.4, 0.5) is 0 Å². The van der Waals surface area contributed by atoms with Gasteiger partial charge in [-0.15, -0.1) is 0 Å². The van der Waals surface area contributed by atoms with Crippen molar-refractivity contribution in [2.24, 2.45) is 28.4 Å². The van der Waals surface area contributed by atoms with Gasteiger partial charge in [0.05, 0.1) is 0 Å². The Morgan fingerprint density at radius 2 is 1.86 bits per heavy atom. The maximum absolute atomic E-state index is 10.1. The summed E-state index contributed by atoms with van der Waals surface area (Å²) in [5.74, 6) is 1.02. The second-order valence-electron chi connectivity index (χ2n) is 8.58. The lowest BCUT2D eigenvalue weighted by atomic mass is 9.57. The van der Waals surface area contributed by atoms with Crippen LogP contribution in [0.15, 0.2) is 0 Å². The summed E-state index contributed by atoms with van der Waals surface area (Å²) in [4.78, 5) is 2.76. The van der Waals surface area contributed by atoms with E-state index in [1.165, 1.54) is 51.6 Å². The van der Waals surface area contributed by atoms with Crippen LogP contribution in [0.3, 0.4) is 0 Å². The van der Waals surface area contributed by atoms with Crippen LogP contribution < -0.4 is 5.73 Å². The van der Waals surface area contributed by atoms with Gasteiger partial charge in [0.15, 0.2) is 0 Å². The van der Waals surface area contributed by atoms with E-state index in [9.17, 15) is 5.11 Å². The SMILES string of the molecule is CC1(C)[C@H]2CC[C@@]1(C)[C@]([C@H](CN)CO)(N1CCCCC1)C2. The van der Waals surface area contributed by atoms with E-state index in [1.807, 2.05) is 0 Å². The Balaban J connectivity index is 2.06. The molecule has 0 radical (unpaired) electrons. The van der Waals surface area contributed by atoms with Gasteiger partial charge in [-0.05, 0) is 68.5 Å². The van der Waals surface area contributed by atoms with E-state index in [1.54, 1.807) is 0 Å². The lowest BCUT2D eigenvalue weighted by Crippen LogP contribution is -2.66. The molecule has 2 bridgehead atoms. The maximum atomic E-state index is 10.1. The number of hydrogen-bond acceptors (Lipinski definition) is 3. The molecule has 3 aliphatic rings. The summed E-state index contributed by atoms with van der Waals surface area (Å²) < 4.78 is 0. The van der Waals surface area contributed by atoms with Gasteiger partial charge in [-0.2, -0.15) is 0 Å². The van der Waals surface area contributed by atoms with Crippen LogP contribution in [0.2, 0.25) is 0 Å². The fraction of sp³-hybridized carbons (Fsp3) is 1.00. The fourth-order valence-electron chi connectivity index (χ4n) is 6.40. The van der Waals surface area contributed by atoms with Crippen molar-refractivity contribution in [3.63, 3.8) is 0 Å². The topological polar surface area (TPSA) is 49.5 Å². The van der Waals surface area contributed by atoms with Gasteiger partial charge in [-0.3, -0.25) is 4.90 Å². The Morgan fingerprint density at radius 3 is 2.29 bits per heavy atom. The minimum Gasteiger partial charge on any atom is -0.396 e. The number of nitrogens with zero attached hydrogens (tertiary/aromatic N) is 1. The second kappa shape index (κ2) is 5.21. The van der Waals surface area contributed by atoms with E-state index in [0.29, 0.717) is 12.0 Å². The molecule has 2 saturated carbocycles. The van der Waals surface area contributed by atoms with Crippen molar-refractivity contribution in [3.05, 3.63) is 0 Å². The lowest BCUT2D eigenvalue weighted by Gasteiger charge is -2.59. The Bertz CT molecular complexity index is 387. The molecular formula is C18H34N2O. The van der Waals surface area contributed by atoms with Crippen LogP contribution >= 0.6 is 0 Å². The first-order valence-electron chi connectivity index (χ1n) is 9.00. The number of likely N-dealkylation sites (tertiary alicyclic amines) is 1. The van der Waals surface area contributed by atoms with Gasteiger partial charge in [0.1, 0.15) is 0 Å². The third kappa shape index (κ3) is 1.83. The van der Waals surface area contributed by atoms with Crippen molar-refractivity contribution in [2.75, 3.05) is 26.2 Å². The third-order valence-corrected chi connectivity index (χ3v) is 8.05. The zero-order valence-electron chi connectivity index (χ0n) is 14.2. The second-order valence-corrected chi connectivity index (χ2v) is 8.58. The predicted molar refractivity (Wildman–Crippen MR) is 87.0 cm³/mol. The summed E-state index contributed by atoms with van der Waals surface area (Å²) in [6.07, 6.45) is 7.90. The molecular weight excluding hydrogens is 260 g/mol. The Kier molecular flexibility index (Phi) is 3.91. The zero-order chi connectivity index (χ0) is 15.3. The number of nitrogens with two attached hydrogens (primary N) is 1. The first-order chi connectivity index (χ1) is 9.94. The van der Waals surface area contributed by atoms with E-state index >= 15 is 0 Å². The quantitative estimate of drug-likeness (QED) is 0.838. The van der Waals surface area contributed by atoms with Crippen LogP contribution in [-0.4, -0.2) is 41.8 Å². The number of hydrogen-bond donors (Lipinski definition) is 2. The number of piperidine rings is 1. The summed E-state index contributed by atoms with van der Waals surface area (Å²) in [5, 5.41) is 10.1. The Labute approximate surface area is 130 Å². The first-order valence-corrected chi connectivity index (χ1v) is 9.00. The van der Waals surface area contributed by atoms with Crippen molar-refractivity contribution < 1.29 is 5.11 Å². The molecule has 122 valence electrons. The molecule has 0 amide bonds. The number of fused-ring (bicyclic) bond motifs is 2. The molecule has 4 atom stereocenters. The minimum atomic E-state index is 0.128. The summed E-state index contributed by atoms with van der Waals surface area (Å²) in [6.45, 7) is 10.7. The molecule has 0 aromatic carbocycles. The molecule has 3 nitrogen and oxygen atoms in total. The number of aliphatic hydroxyl groups excluding tert-OH is 1. The Morgan fingerprint density at radius 1 is 1.19 bits per heavy atom. The Hall–Kier alpha value is -0.120. The van der Waals surface area contributed by atoms with E-state index in [-0.39, 0.29) is 23.5 Å². The average Bonchev–Trinajstić information content (AvgIpc) is 2.81. The van der Waals surface area contributed by atoms with Gasteiger partial charge in [0.2, 0.25) is 0 Å². The monoisotopic (exact) mass is 294 g/mol. The largest absolute Gasteiger partial charge is 0.396 e. The van der Waals surface area contributed by atoms with Gasteiger partial charge >= 0.3 is 0 Å². The van der Waals surface area contributed by atoms with Gasteiger partial charge in [-0.1, -0.05) is 27.2 Å². The highest BCUT2D eigenvalue weighted by molar-refractivity contribution is 5.23. The van der Waals surface area contributed by atoms with Crippen molar-refractivity contribution in [2.45, 2.75) is 64.8 Å². The fourth-order valence-corrected chi connectivity index (χ4v) is 6.40. The molecule has 3 heteroatoms. The van der Waals surface area contributed by atoms with Gasteiger partial charge in [-0.25, -0.2) is 0 Å². The van der Waals surface area contributed by atoms with Crippen LogP contribution in [0.1, 0.15) is 59.3 Å². The number of aliphatic hydroxyl groups is 1. The van der Waals surface area contributed by atoms with Crippen LogP contribution in [-0.2, 0) is 0 Å². The molecule has 2 aliphatic carbocycles. The van der Waals surface area contributed by atoms with Crippen molar-refractivity contribution in [1.82, 2.24) is 4.90 Å². The highest BCUT2D eigenvalue weighted by Gasteiger charge is 2.71. The lowest BCUT2D eigenvalue weighted by molar-refractivity contribution is -0.101. The van der Waals surface area contributed by atoms with E-state index in [2.05, 4.69) is 25.7 Å². The van der Waals surface area contributed by atoms with Gasteiger partial charge in [0.25, 0.3) is 0 Å². The minimum absolute atomic E-state index is 0.128. The summed E-state index contributed by atoms with van der Waals surface area (Å²) in [6, 6.07) is 0. The molecule has 1 heterocycles. The highest BCUT2D eigenvalue weighted by atomic mass is 16.3. The van der Waals surface area contributed by atoms with Crippen LogP contribution in [0, 0.1) is 22.7 Å². The summed E-state index contributed by atoms with van der Waals surface area (Å²) >= 11 is 0. The molecule has 3 rings (SSSR count). The molecule has 1 saturated heterocycles. The van der Waals surface area contributed by atoms with Crippen molar-refractivity contribution in [3.8, 4) is 0 Å². The smallest absolute Gasteiger partial charge is 0.0489 e. The number of rotatable bonds is 4. The highest BCUT2D eigenvalue weighted by Crippen LogP contribution is 2.72. The molecule has 0 aromatic heterocycles. The molecule has 0 unspecified atom stereocenters. The normalized spacial score (nSPS) is 44.1. The average molecular weight is 294 g/mol. The molecule has 3 N–H and O–H groups in total. The molecule has 3 fully saturated rings. The van der Waals surface area contributed by atoms with Crippen LogP contribution in [0.5, 0.6) is 0 Å². The molecule has 1 aliphatic heterocycles. The maximum Gasteiger partial charge on any atom is 0.0489 e. The van der Waals surface area contributed by atoms with Crippen molar-refractivity contribution >= 4 is 0 Å². The van der Waals surface area contributed by atoms with E-state index in [0.717, 1.165) is 5.92 Å². The van der Waals surface area contributed by atoms with E-state index in [4.69, 9.17) is 5.73 Å². The van der Waals surface area contributed by atoms with Gasteiger partial charge in [0, 0.05) is 18.1 Å². The molecule has 0 aromatic rings. The predicted octanol–water partition coefficient (Wildman–Crippen LogP) is 2.62. The summed E-state index contributed by atoms with van der Waals surface area (Å²) in [7, 11) is 0. The first kappa shape index (κ1) is 15.8. The van der Waals surface area contributed by atoms with Crippen molar-refractivity contribution in [1.29, 1.82) is 0 Å². The standard InChI is InChI=1S/C18H34N2O/c1-16(2)14-7-8-17(16,3)18(11-14,15(12-19)13-21)20-9-5-4-6-10-20/h14-15,21H,4-13,19H2,1-3H3/t14-,15+,17+,18-/m0/s1. The third-order valence-electron chi connectivity index (χ3n) is 8.05. The summed E-state index contributed by atoms with van der Waals surface area (Å²) in [5.41, 5.74) is 6.93. The van der Waals surface area contributed by atoms with E-state index < -0.39 is 0 Å².